The predicted octanol–water partition coefficient (Wildman–Crippen LogP) is -0.723. The summed E-state index contributed by atoms with van der Waals surface area (Å²) in [5.41, 5.74) is 0. The topological polar surface area (TPSA) is 60.7 Å². The molecule has 1 aliphatic carbocycles. The largest absolute Gasteiger partial charge is 0.394 e. The molecule has 0 spiro atoms. The number of rotatable bonds is 2. The first-order chi connectivity index (χ1) is 4.75. The van der Waals surface area contributed by atoms with Crippen LogP contribution in [0.15, 0.2) is 12.2 Å². The van der Waals surface area contributed by atoms with Crippen molar-refractivity contribution < 1.29 is 15.3 Å². The normalized spacial score (nSPS) is 34.7. The molecule has 0 aromatic heterocycles. The van der Waals surface area contributed by atoms with Gasteiger partial charge in [0, 0.05) is 5.92 Å². The van der Waals surface area contributed by atoms with E-state index in [1.165, 1.54) is 0 Å². The SMILES string of the molecule is OC[C@@H](O)[C@H]1CC=C[C@H]1O. The lowest BCUT2D eigenvalue weighted by Crippen LogP contribution is -2.30. The van der Waals surface area contributed by atoms with Gasteiger partial charge in [-0.25, -0.2) is 0 Å². The van der Waals surface area contributed by atoms with E-state index in [-0.39, 0.29) is 12.5 Å². The van der Waals surface area contributed by atoms with Gasteiger partial charge in [0.2, 0.25) is 0 Å². The smallest absolute Gasteiger partial charge is 0.0829 e. The molecule has 10 heavy (non-hydrogen) atoms. The molecule has 0 saturated carbocycles. The average molecular weight is 144 g/mol. The van der Waals surface area contributed by atoms with E-state index in [2.05, 4.69) is 0 Å². The first-order valence-electron chi connectivity index (χ1n) is 3.39. The van der Waals surface area contributed by atoms with Gasteiger partial charge in [-0.05, 0) is 6.42 Å². The fourth-order valence-corrected chi connectivity index (χ4v) is 1.18. The number of aliphatic hydroxyl groups is 3. The standard InChI is InChI=1S/C7H12O3/c8-4-7(10)5-2-1-3-6(5)9/h1,3,5-10H,2,4H2/t5-,6+,7+/m0/s1. The summed E-state index contributed by atoms with van der Waals surface area (Å²) in [5.74, 6) is -0.204. The van der Waals surface area contributed by atoms with Gasteiger partial charge in [0.15, 0.2) is 0 Å². The molecule has 1 aliphatic rings. The van der Waals surface area contributed by atoms with Crippen LogP contribution in [-0.2, 0) is 0 Å². The Labute approximate surface area is 59.6 Å². The highest BCUT2D eigenvalue weighted by Gasteiger charge is 2.26. The molecule has 0 saturated heterocycles. The van der Waals surface area contributed by atoms with E-state index >= 15 is 0 Å². The molecule has 0 aromatic carbocycles. The van der Waals surface area contributed by atoms with Crippen LogP contribution < -0.4 is 0 Å². The van der Waals surface area contributed by atoms with Crippen LogP contribution in [0.1, 0.15) is 6.42 Å². The average Bonchev–Trinajstić information content (AvgIpc) is 2.34. The van der Waals surface area contributed by atoms with Crippen LogP contribution >= 0.6 is 0 Å². The minimum atomic E-state index is -0.787. The van der Waals surface area contributed by atoms with Crippen molar-refractivity contribution in [1.29, 1.82) is 0 Å². The van der Waals surface area contributed by atoms with Crippen molar-refractivity contribution in [3.63, 3.8) is 0 Å². The molecule has 0 aromatic rings. The number of aliphatic hydroxyl groups excluding tert-OH is 3. The molecule has 0 radical (unpaired) electrons. The third-order valence-corrected chi connectivity index (χ3v) is 1.86. The van der Waals surface area contributed by atoms with Crippen molar-refractivity contribution >= 4 is 0 Å². The fourth-order valence-electron chi connectivity index (χ4n) is 1.18. The number of hydrogen-bond donors (Lipinski definition) is 3. The van der Waals surface area contributed by atoms with Gasteiger partial charge in [0.05, 0.1) is 18.8 Å². The zero-order valence-corrected chi connectivity index (χ0v) is 5.64. The van der Waals surface area contributed by atoms with Gasteiger partial charge in [0.25, 0.3) is 0 Å². The molecule has 0 bridgehead atoms. The van der Waals surface area contributed by atoms with Gasteiger partial charge < -0.3 is 15.3 Å². The Morgan fingerprint density at radius 2 is 2.30 bits per heavy atom. The zero-order chi connectivity index (χ0) is 7.56. The van der Waals surface area contributed by atoms with Crippen LogP contribution in [0.4, 0.5) is 0 Å². The minimum Gasteiger partial charge on any atom is -0.394 e. The molecule has 0 aliphatic heterocycles. The molecule has 3 nitrogen and oxygen atoms in total. The highest BCUT2D eigenvalue weighted by atomic mass is 16.3. The van der Waals surface area contributed by atoms with Crippen molar-refractivity contribution in [2.75, 3.05) is 6.61 Å². The molecule has 0 unspecified atom stereocenters. The molecular formula is C7H12O3. The minimum absolute atomic E-state index is 0.204. The fraction of sp³-hybridized carbons (Fsp3) is 0.714. The van der Waals surface area contributed by atoms with E-state index in [1.807, 2.05) is 6.08 Å². The Hall–Kier alpha value is -0.380. The Kier molecular flexibility index (Phi) is 2.43. The summed E-state index contributed by atoms with van der Waals surface area (Å²) < 4.78 is 0. The van der Waals surface area contributed by atoms with Crippen LogP contribution in [-0.4, -0.2) is 34.1 Å². The highest BCUT2D eigenvalue weighted by molar-refractivity contribution is 5.03. The summed E-state index contributed by atoms with van der Waals surface area (Å²) in [6.07, 6.45) is 2.74. The molecule has 0 amide bonds. The monoisotopic (exact) mass is 144 g/mol. The maximum absolute atomic E-state index is 9.13. The maximum atomic E-state index is 9.13. The second kappa shape index (κ2) is 3.14. The molecule has 1 rings (SSSR count). The first kappa shape index (κ1) is 7.72. The summed E-state index contributed by atoms with van der Waals surface area (Å²) >= 11 is 0. The molecule has 0 heterocycles. The number of hydrogen-bond acceptors (Lipinski definition) is 3. The number of allylic oxidation sites excluding steroid dienone is 1. The summed E-state index contributed by atoms with van der Waals surface area (Å²) in [6, 6.07) is 0. The third-order valence-electron chi connectivity index (χ3n) is 1.86. The van der Waals surface area contributed by atoms with Crippen LogP contribution in [0.25, 0.3) is 0 Å². The lowest BCUT2D eigenvalue weighted by Gasteiger charge is -2.18. The molecule has 0 fully saturated rings. The summed E-state index contributed by atoms with van der Waals surface area (Å²) in [5, 5.41) is 26.7. The summed E-state index contributed by atoms with van der Waals surface area (Å²) in [7, 11) is 0. The van der Waals surface area contributed by atoms with Crippen molar-refractivity contribution in [2.45, 2.75) is 18.6 Å². The highest BCUT2D eigenvalue weighted by Crippen LogP contribution is 2.21. The van der Waals surface area contributed by atoms with Crippen molar-refractivity contribution in [3.05, 3.63) is 12.2 Å². The quantitative estimate of drug-likeness (QED) is 0.448. The van der Waals surface area contributed by atoms with E-state index in [9.17, 15) is 0 Å². The molecular weight excluding hydrogens is 132 g/mol. The van der Waals surface area contributed by atoms with E-state index in [1.54, 1.807) is 6.08 Å². The van der Waals surface area contributed by atoms with Crippen LogP contribution in [0.3, 0.4) is 0 Å². The van der Waals surface area contributed by atoms with Crippen molar-refractivity contribution in [1.82, 2.24) is 0 Å². The van der Waals surface area contributed by atoms with Gasteiger partial charge in [-0.3, -0.25) is 0 Å². The second-order valence-electron chi connectivity index (χ2n) is 2.57. The van der Waals surface area contributed by atoms with Gasteiger partial charge in [-0.2, -0.15) is 0 Å². The Balaban J connectivity index is 2.42. The van der Waals surface area contributed by atoms with Crippen LogP contribution in [0.5, 0.6) is 0 Å². The lowest BCUT2D eigenvalue weighted by atomic mass is 9.98. The van der Waals surface area contributed by atoms with Crippen molar-refractivity contribution in [3.8, 4) is 0 Å². The Morgan fingerprint density at radius 1 is 1.60 bits per heavy atom. The molecule has 3 heteroatoms. The lowest BCUT2D eigenvalue weighted by molar-refractivity contribution is 0.00742. The second-order valence-corrected chi connectivity index (χ2v) is 2.57. The van der Waals surface area contributed by atoms with Crippen molar-refractivity contribution in [2.24, 2.45) is 5.92 Å². The first-order valence-corrected chi connectivity index (χ1v) is 3.39. The Bertz CT molecular complexity index is 133. The Morgan fingerprint density at radius 3 is 2.70 bits per heavy atom. The molecule has 3 atom stereocenters. The molecule has 3 N–H and O–H groups in total. The third kappa shape index (κ3) is 1.37. The maximum Gasteiger partial charge on any atom is 0.0829 e. The van der Waals surface area contributed by atoms with E-state index in [0.29, 0.717) is 6.42 Å². The summed E-state index contributed by atoms with van der Waals surface area (Å²) in [6.45, 7) is -0.274. The van der Waals surface area contributed by atoms with E-state index in [0.717, 1.165) is 0 Å². The van der Waals surface area contributed by atoms with E-state index in [4.69, 9.17) is 15.3 Å². The zero-order valence-electron chi connectivity index (χ0n) is 5.64. The molecule has 58 valence electrons. The summed E-state index contributed by atoms with van der Waals surface area (Å²) in [4.78, 5) is 0. The van der Waals surface area contributed by atoms with Gasteiger partial charge in [-0.1, -0.05) is 12.2 Å². The van der Waals surface area contributed by atoms with Gasteiger partial charge >= 0.3 is 0 Å². The van der Waals surface area contributed by atoms with Crippen LogP contribution in [0.2, 0.25) is 0 Å². The predicted molar refractivity (Wildman–Crippen MR) is 36.3 cm³/mol. The van der Waals surface area contributed by atoms with Gasteiger partial charge in [-0.15, -0.1) is 0 Å². The van der Waals surface area contributed by atoms with Gasteiger partial charge in [0.1, 0.15) is 0 Å². The van der Waals surface area contributed by atoms with Crippen LogP contribution in [0, 0.1) is 5.92 Å². The van der Waals surface area contributed by atoms with E-state index < -0.39 is 12.2 Å².